The van der Waals surface area contributed by atoms with Gasteiger partial charge in [0.15, 0.2) is 67.9 Å². The van der Waals surface area contributed by atoms with Crippen molar-refractivity contribution in [3.8, 4) is 0 Å². The lowest BCUT2D eigenvalue weighted by Gasteiger charge is -2.30. The zero-order chi connectivity index (χ0) is 76.3. The zero-order valence-electron chi connectivity index (χ0n) is 58.7. The highest BCUT2D eigenvalue weighted by Gasteiger charge is 2.59. The summed E-state index contributed by atoms with van der Waals surface area (Å²) in [7, 11) is 1.27. The average Bonchev–Trinajstić information content (AvgIpc) is 1.62. The van der Waals surface area contributed by atoms with Crippen LogP contribution < -0.4 is 0 Å². The molecular weight excluding hydrogens is 1420 g/mol. The quantitative estimate of drug-likeness (QED) is 0.0311. The average molecular weight is 1500 g/mol. The van der Waals surface area contributed by atoms with Gasteiger partial charge in [-0.1, -0.05) is 164 Å². The van der Waals surface area contributed by atoms with E-state index >= 15 is 0 Å². The maximum Gasteiger partial charge on any atom is 0.338 e. The van der Waals surface area contributed by atoms with Gasteiger partial charge in [-0.2, -0.15) is 0 Å². The molecule has 0 aromatic heterocycles. The van der Waals surface area contributed by atoms with E-state index < -0.39 is 179 Å². The van der Waals surface area contributed by atoms with Crippen molar-refractivity contribution < 1.29 is 124 Å². The highest BCUT2D eigenvalue weighted by Crippen LogP contribution is 2.39. The highest BCUT2D eigenvalue weighted by atomic mass is 16.8. The Hall–Kier alpha value is -12.1. The van der Waals surface area contributed by atoms with Crippen molar-refractivity contribution in [3.05, 3.63) is 323 Å². The van der Waals surface area contributed by atoms with Crippen molar-refractivity contribution in [1.29, 1.82) is 0 Å². The van der Waals surface area contributed by atoms with Crippen LogP contribution in [-0.2, 0) is 80.5 Å². The lowest BCUT2D eigenvalue weighted by atomic mass is 10.1. The van der Waals surface area contributed by atoms with Crippen LogP contribution in [0.2, 0.25) is 0 Å². The van der Waals surface area contributed by atoms with E-state index in [-0.39, 0.29) is 50.1 Å². The molecule has 110 heavy (non-hydrogen) atoms. The van der Waals surface area contributed by atoms with Crippen LogP contribution in [0.1, 0.15) is 93.2 Å². The maximum atomic E-state index is 14.9. The van der Waals surface area contributed by atoms with Gasteiger partial charge in [0.2, 0.25) is 0 Å². The second-order valence-electron chi connectivity index (χ2n) is 25.3. The molecule has 0 saturated carbocycles. The molecule has 0 amide bonds. The molecule has 26 nitrogen and oxygen atoms in total. The third-order valence-corrected chi connectivity index (χ3v) is 18.0. The number of hydrogen-bond donors (Lipinski definition) is 0. The van der Waals surface area contributed by atoms with Gasteiger partial charge >= 0.3 is 53.7 Å². The first-order valence-electron chi connectivity index (χ1n) is 35.0. The molecule has 564 valence electrons. The van der Waals surface area contributed by atoms with Crippen molar-refractivity contribution in [2.75, 3.05) is 33.5 Å². The Morgan fingerprint density at radius 2 is 0.418 bits per heavy atom. The van der Waals surface area contributed by atoms with Crippen LogP contribution in [0.4, 0.5) is 0 Å². The van der Waals surface area contributed by atoms with Crippen LogP contribution in [0.5, 0.6) is 0 Å². The molecule has 26 heteroatoms. The molecule has 16 atom stereocenters. The van der Waals surface area contributed by atoms with Crippen molar-refractivity contribution in [2.24, 2.45) is 0 Å². The van der Waals surface area contributed by atoms with Crippen LogP contribution in [0, 0.1) is 0 Å². The minimum atomic E-state index is -1.94. The Morgan fingerprint density at radius 1 is 0.227 bits per heavy atom. The van der Waals surface area contributed by atoms with E-state index in [0.29, 0.717) is 0 Å². The molecule has 0 bridgehead atoms. The van der Waals surface area contributed by atoms with Crippen molar-refractivity contribution in [1.82, 2.24) is 0 Å². The molecule has 0 radical (unpaired) electrons. The smallest absolute Gasteiger partial charge is 0.338 e. The molecule has 4 aliphatic heterocycles. The van der Waals surface area contributed by atoms with Crippen LogP contribution in [0.15, 0.2) is 273 Å². The van der Waals surface area contributed by atoms with Crippen molar-refractivity contribution in [2.45, 2.75) is 98.4 Å². The molecule has 4 heterocycles. The van der Waals surface area contributed by atoms with Gasteiger partial charge in [-0.25, -0.2) is 43.2 Å². The summed E-state index contributed by atoms with van der Waals surface area (Å²) in [5.41, 5.74) is 0.731. The molecule has 0 spiro atoms. The number of esters is 9. The molecule has 9 aromatic carbocycles. The Morgan fingerprint density at radius 3 is 0.682 bits per heavy atom. The van der Waals surface area contributed by atoms with Crippen LogP contribution in [-0.4, -0.2) is 186 Å². The summed E-state index contributed by atoms with van der Waals surface area (Å²) in [5, 5.41) is 0. The lowest BCUT2D eigenvalue weighted by Crippen LogP contribution is -2.48. The summed E-state index contributed by atoms with van der Waals surface area (Å²) in [6.07, 6.45) is -26.6. The fraction of sp³-hybridized carbons (Fsp3) is 0.250. The third-order valence-electron chi connectivity index (χ3n) is 18.0. The second-order valence-corrected chi connectivity index (χ2v) is 25.3. The molecule has 0 unspecified atom stereocenters. The van der Waals surface area contributed by atoms with Gasteiger partial charge in [-0.15, -0.1) is 0 Å². The predicted octanol–water partition coefficient (Wildman–Crippen LogP) is 10.2. The number of methoxy groups -OCH3 is 1. The molecule has 13 rings (SSSR count). The van der Waals surface area contributed by atoms with E-state index in [1.807, 2.05) is 0 Å². The predicted molar refractivity (Wildman–Crippen MR) is 381 cm³/mol. The van der Waals surface area contributed by atoms with E-state index in [9.17, 15) is 43.2 Å². The molecule has 0 N–H and O–H groups in total. The molecule has 9 aromatic rings. The largest absolute Gasteiger partial charge is 0.459 e. The first kappa shape index (κ1) is 76.1. The number of benzene rings is 9. The minimum Gasteiger partial charge on any atom is -0.459 e. The number of carbonyl (C=O) groups excluding carboxylic acids is 9. The summed E-state index contributed by atoms with van der Waals surface area (Å²) in [6.45, 7) is -2.75. The van der Waals surface area contributed by atoms with E-state index in [1.165, 1.54) is 116 Å². The van der Waals surface area contributed by atoms with Gasteiger partial charge in [0, 0.05) is 7.11 Å². The van der Waals surface area contributed by atoms with Crippen LogP contribution in [0.25, 0.3) is 0 Å². The summed E-state index contributed by atoms with van der Waals surface area (Å²) in [6, 6.07) is 70.8. The van der Waals surface area contributed by atoms with Crippen LogP contribution >= 0.6 is 0 Å². The number of rotatable bonds is 29. The molecule has 4 fully saturated rings. The normalized spacial score (nSPS) is 24.5. The first-order chi connectivity index (χ1) is 53.7. The molecule has 4 saturated heterocycles. The lowest BCUT2D eigenvalue weighted by molar-refractivity contribution is -0.228. The SMILES string of the molecule is CO[C@H]1O[C@H](CO[C@H]2O[C@H](CO[C@H]3O[C@H](COC(=O)c4ccccc4)[C@@H](OC(=O)c4ccccc4)[C@@H]3OC(=O)c3ccccc3)[C@@H](O[C@H]3O[C@H](COC(=O)c4ccccc4)[C@@H](OC(=O)c4ccccc4)[C@@H]3OC(=O)c3ccccc3)[C@@H]2OC(=O)c2ccccc2)[C@@H](OC(=O)c2ccccc2)[C@@H]1OC(=O)c1ccccc1. The molecular formula is C84H72O26. The second kappa shape index (κ2) is 36.7. The summed E-state index contributed by atoms with van der Waals surface area (Å²) >= 11 is 0. The Labute approximate surface area is 629 Å². The monoisotopic (exact) mass is 1500 g/mol. The standard InChI is InChI=1S/C84H72O26/c1-94-81-68(106-77(90)56-39-21-7-22-40-56)64(103-74(87)53-33-15-4-16-34-53)62(99-81)49-97-83-70(108-79(92)58-43-25-9-26-44-58)67(110-84-71(109-80(93)59-45-27-10-28-46-59)66(105-76(89)55-37-19-6-20-38-55)61(102-84)48-96-73(86)52-31-13-3-14-32-52)63(101-83)50-98-82-69(107-78(91)57-41-23-8-24-42-57)65(104-75(88)54-35-17-5-18-36-54)60(100-82)47-95-72(85)51-29-11-2-12-30-51/h2-46,60-71,81-84H,47-50H2,1H3/t60-,61-,62-,63-,64-,65-,66-,67-,68+,69+,70+,71+,81+,82+,83+,84-/m1/s1. The third kappa shape index (κ3) is 18.9. The van der Waals surface area contributed by atoms with Crippen molar-refractivity contribution >= 4 is 53.7 Å². The summed E-state index contributed by atoms with van der Waals surface area (Å²) < 4.78 is 108. The van der Waals surface area contributed by atoms with E-state index in [0.717, 1.165) is 0 Å². The molecule has 0 aliphatic carbocycles. The molecule has 4 aliphatic rings. The topological polar surface area (TPSA) is 311 Å². The van der Waals surface area contributed by atoms with Gasteiger partial charge in [0.05, 0.1) is 63.3 Å². The fourth-order valence-corrected chi connectivity index (χ4v) is 12.5. The van der Waals surface area contributed by atoms with Gasteiger partial charge < -0.3 is 80.5 Å². The Bertz CT molecular complexity index is 4570. The van der Waals surface area contributed by atoms with E-state index in [1.54, 1.807) is 164 Å². The van der Waals surface area contributed by atoms with Gasteiger partial charge in [0.25, 0.3) is 0 Å². The van der Waals surface area contributed by atoms with Gasteiger partial charge in [-0.05, 0) is 109 Å². The first-order valence-corrected chi connectivity index (χ1v) is 35.0. The Balaban J connectivity index is 0.898. The fourth-order valence-electron chi connectivity index (χ4n) is 12.5. The zero-order valence-corrected chi connectivity index (χ0v) is 58.7. The maximum absolute atomic E-state index is 14.9. The summed E-state index contributed by atoms with van der Waals surface area (Å²) in [4.78, 5) is 128. The summed E-state index contributed by atoms with van der Waals surface area (Å²) in [5.74, 6) is -8.08. The number of hydrogen-bond acceptors (Lipinski definition) is 26. The van der Waals surface area contributed by atoms with Gasteiger partial charge in [-0.3, -0.25) is 0 Å². The van der Waals surface area contributed by atoms with E-state index in [4.69, 9.17) is 80.5 Å². The minimum absolute atomic E-state index is 0.000205. The number of carbonyl (C=O) groups is 9. The van der Waals surface area contributed by atoms with E-state index in [2.05, 4.69) is 0 Å². The van der Waals surface area contributed by atoms with Gasteiger partial charge in [0.1, 0.15) is 43.7 Å². The van der Waals surface area contributed by atoms with Crippen molar-refractivity contribution in [3.63, 3.8) is 0 Å². The Kier molecular flexibility index (Phi) is 25.4. The highest BCUT2D eigenvalue weighted by molar-refractivity contribution is 5.94. The number of ether oxygens (including phenoxy) is 17. The van der Waals surface area contributed by atoms with Crippen LogP contribution in [0.3, 0.4) is 0 Å².